The Morgan fingerprint density at radius 1 is 1.11 bits per heavy atom. The van der Waals surface area contributed by atoms with Gasteiger partial charge in [0.2, 0.25) is 0 Å². The van der Waals surface area contributed by atoms with Crippen molar-refractivity contribution < 1.29 is 4.79 Å². The van der Waals surface area contributed by atoms with Crippen LogP contribution in [0.1, 0.15) is 48.9 Å². The predicted octanol–water partition coefficient (Wildman–Crippen LogP) is 3.62. The molecule has 0 atom stereocenters. The molecular formula is C16H20N2O. The van der Waals surface area contributed by atoms with Gasteiger partial charge in [-0.05, 0) is 36.4 Å². The molecule has 0 aliphatic heterocycles. The van der Waals surface area contributed by atoms with Crippen molar-refractivity contribution in [2.75, 3.05) is 0 Å². The molecule has 1 aliphatic carbocycles. The number of aromatic amines is 1. The molecule has 0 unspecified atom stereocenters. The van der Waals surface area contributed by atoms with E-state index in [2.05, 4.69) is 10.3 Å². The molecule has 1 saturated carbocycles. The van der Waals surface area contributed by atoms with E-state index in [0.29, 0.717) is 6.04 Å². The number of hydrogen-bond acceptors (Lipinski definition) is 1. The van der Waals surface area contributed by atoms with Gasteiger partial charge in [0.25, 0.3) is 5.91 Å². The summed E-state index contributed by atoms with van der Waals surface area (Å²) in [7, 11) is 0. The fourth-order valence-corrected chi connectivity index (χ4v) is 2.88. The standard InChI is InChI=1S/C16H20N2O/c19-16(18-14-5-3-1-2-4-6-14)13-8-7-12-9-10-17-15(12)11-13/h7-11,14,17H,1-6H2,(H,18,19). The van der Waals surface area contributed by atoms with Crippen molar-refractivity contribution in [3.8, 4) is 0 Å². The molecule has 0 radical (unpaired) electrons. The van der Waals surface area contributed by atoms with E-state index in [-0.39, 0.29) is 5.91 Å². The average Bonchev–Trinajstić information content (AvgIpc) is 2.75. The van der Waals surface area contributed by atoms with Gasteiger partial charge in [0, 0.05) is 23.3 Å². The second kappa shape index (κ2) is 5.47. The topological polar surface area (TPSA) is 44.9 Å². The summed E-state index contributed by atoms with van der Waals surface area (Å²) in [6.07, 6.45) is 9.23. The molecule has 1 aliphatic rings. The predicted molar refractivity (Wildman–Crippen MR) is 77.3 cm³/mol. The van der Waals surface area contributed by atoms with E-state index in [1.165, 1.54) is 25.7 Å². The van der Waals surface area contributed by atoms with Crippen LogP contribution in [0.2, 0.25) is 0 Å². The fraction of sp³-hybridized carbons (Fsp3) is 0.438. The summed E-state index contributed by atoms with van der Waals surface area (Å²) in [4.78, 5) is 15.4. The molecule has 1 amide bonds. The van der Waals surface area contributed by atoms with Gasteiger partial charge in [0.1, 0.15) is 0 Å². The van der Waals surface area contributed by atoms with Crippen LogP contribution in [0.3, 0.4) is 0 Å². The minimum Gasteiger partial charge on any atom is -0.361 e. The largest absolute Gasteiger partial charge is 0.361 e. The first-order chi connectivity index (χ1) is 9.33. The second-order valence-electron chi connectivity index (χ2n) is 5.44. The number of rotatable bonds is 2. The normalized spacial score (nSPS) is 17.3. The fourth-order valence-electron chi connectivity index (χ4n) is 2.88. The Labute approximate surface area is 113 Å². The maximum absolute atomic E-state index is 12.3. The van der Waals surface area contributed by atoms with E-state index in [9.17, 15) is 4.79 Å². The summed E-state index contributed by atoms with van der Waals surface area (Å²) in [5.74, 6) is 0.0587. The Bertz CT molecular complexity index is 565. The quantitative estimate of drug-likeness (QED) is 0.792. The number of H-pyrrole nitrogens is 1. The smallest absolute Gasteiger partial charge is 0.251 e. The van der Waals surface area contributed by atoms with Crippen LogP contribution in [0.5, 0.6) is 0 Å². The van der Waals surface area contributed by atoms with Gasteiger partial charge < -0.3 is 10.3 Å². The highest BCUT2D eigenvalue weighted by Crippen LogP contribution is 2.18. The Hall–Kier alpha value is -1.77. The van der Waals surface area contributed by atoms with Crippen molar-refractivity contribution in [1.29, 1.82) is 0 Å². The molecule has 0 bridgehead atoms. The zero-order chi connectivity index (χ0) is 13.1. The highest BCUT2D eigenvalue weighted by molar-refractivity contribution is 5.98. The Balaban J connectivity index is 1.71. The molecule has 2 N–H and O–H groups in total. The number of benzene rings is 1. The van der Waals surface area contributed by atoms with Crippen LogP contribution in [0.4, 0.5) is 0 Å². The Kier molecular flexibility index (Phi) is 3.53. The van der Waals surface area contributed by atoms with Crippen LogP contribution in [-0.2, 0) is 0 Å². The second-order valence-corrected chi connectivity index (χ2v) is 5.44. The van der Waals surface area contributed by atoms with Gasteiger partial charge in [0.15, 0.2) is 0 Å². The van der Waals surface area contributed by atoms with Crippen LogP contribution in [0, 0.1) is 0 Å². The molecule has 1 aromatic heterocycles. The van der Waals surface area contributed by atoms with Crippen LogP contribution in [0.15, 0.2) is 30.5 Å². The molecule has 19 heavy (non-hydrogen) atoms. The third kappa shape index (κ3) is 2.80. The lowest BCUT2D eigenvalue weighted by Crippen LogP contribution is -2.34. The van der Waals surface area contributed by atoms with Gasteiger partial charge in [-0.15, -0.1) is 0 Å². The molecule has 0 spiro atoms. The van der Waals surface area contributed by atoms with Crippen molar-refractivity contribution in [1.82, 2.24) is 10.3 Å². The average molecular weight is 256 g/mol. The van der Waals surface area contributed by atoms with Crippen molar-refractivity contribution in [2.45, 2.75) is 44.6 Å². The van der Waals surface area contributed by atoms with Crippen molar-refractivity contribution in [3.63, 3.8) is 0 Å². The Morgan fingerprint density at radius 2 is 1.89 bits per heavy atom. The van der Waals surface area contributed by atoms with Gasteiger partial charge >= 0.3 is 0 Å². The Morgan fingerprint density at radius 3 is 2.68 bits per heavy atom. The van der Waals surface area contributed by atoms with Crippen LogP contribution in [0.25, 0.3) is 10.9 Å². The molecule has 3 rings (SSSR count). The zero-order valence-electron chi connectivity index (χ0n) is 11.1. The monoisotopic (exact) mass is 256 g/mol. The van der Waals surface area contributed by atoms with E-state index < -0.39 is 0 Å². The van der Waals surface area contributed by atoms with E-state index in [1.807, 2.05) is 30.5 Å². The number of nitrogens with one attached hydrogen (secondary N) is 2. The van der Waals surface area contributed by atoms with E-state index in [1.54, 1.807) is 0 Å². The van der Waals surface area contributed by atoms with E-state index in [4.69, 9.17) is 0 Å². The lowest BCUT2D eigenvalue weighted by atomic mass is 10.1. The first-order valence-electron chi connectivity index (χ1n) is 7.21. The van der Waals surface area contributed by atoms with Crippen molar-refractivity contribution >= 4 is 16.8 Å². The lowest BCUT2D eigenvalue weighted by molar-refractivity contribution is 0.0933. The number of aromatic nitrogens is 1. The molecule has 3 nitrogen and oxygen atoms in total. The van der Waals surface area contributed by atoms with Crippen LogP contribution < -0.4 is 5.32 Å². The zero-order valence-corrected chi connectivity index (χ0v) is 11.1. The summed E-state index contributed by atoms with van der Waals surface area (Å²) in [5.41, 5.74) is 1.77. The maximum atomic E-state index is 12.3. The highest BCUT2D eigenvalue weighted by atomic mass is 16.1. The summed E-state index contributed by atoms with van der Waals surface area (Å²) in [6, 6.07) is 8.20. The van der Waals surface area contributed by atoms with Crippen LogP contribution in [-0.4, -0.2) is 16.9 Å². The summed E-state index contributed by atoms with van der Waals surface area (Å²) in [6.45, 7) is 0. The highest BCUT2D eigenvalue weighted by Gasteiger charge is 2.15. The van der Waals surface area contributed by atoms with E-state index in [0.717, 1.165) is 29.3 Å². The summed E-state index contributed by atoms with van der Waals surface area (Å²) >= 11 is 0. The summed E-state index contributed by atoms with van der Waals surface area (Å²) < 4.78 is 0. The first kappa shape index (κ1) is 12.3. The minimum atomic E-state index is 0.0587. The first-order valence-corrected chi connectivity index (χ1v) is 7.21. The van der Waals surface area contributed by atoms with Crippen molar-refractivity contribution in [2.24, 2.45) is 0 Å². The lowest BCUT2D eigenvalue weighted by Gasteiger charge is -2.16. The molecular weight excluding hydrogens is 236 g/mol. The molecule has 1 aromatic carbocycles. The van der Waals surface area contributed by atoms with Gasteiger partial charge in [-0.3, -0.25) is 4.79 Å². The maximum Gasteiger partial charge on any atom is 0.251 e. The number of fused-ring (bicyclic) bond motifs is 1. The molecule has 0 saturated heterocycles. The number of hydrogen-bond donors (Lipinski definition) is 2. The summed E-state index contributed by atoms with van der Waals surface area (Å²) in [5, 5.41) is 4.32. The van der Waals surface area contributed by atoms with E-state index >= 15 is 0 Å². The SMILES string of the molecule is O=C(NC1CCCCCC1)c1ccc2cc[nH]c2c1. The minimum absolute atomic E-state index is 0.0587. The van der Waals surface area contributed by atoms with Gasteiger partial charge in [-0.25, -0.2) is 0 Å². The molecule has 1 heterocycles. The van der Waals surface area contributed by atoms with Gasteiger partial charge in [0.05, 0.1) is 0 Å². The number of carbonyl (C=O) groups is 1. The van der Waals surface area contributed by atoms with Gasteiger partial charge in [-0.1, -0.05) is 31.7 Å². The molecule has 1 fully saturated rings. The molecule has 100 valence electrons. The molecule has 2 aromatic rings. The third-order valence-corrected chi connectivity index (χ3v) is 4.01. The van der Waals surface area contributed by atoms with Gasteiger partial charge in [-0.2, -0.15) is 0 Å². The third-order valence-electron chi connectivity index (χ3n) is 4.01. The molecule has 3 heteroatoms. The number of amides is 1. The van der Waals surface area contributed by atoms with Crippen molar-refractivity contribution in [3.05, 3.63) is 36.0 Å². The van der Waals surface area contributed by atoms with Crippen LogP contribution >= 0.6 is 0 Å². The number of carbonyl (C=O) groups excluding carboxylic acids is 1.